The number of hydrogen-bond acceptors (Lipinski definition) is 5. The lowest BCUT2D eigenvalue weighted by molar-refractivity contribution is 0.0998. The number of nitrogens with zero attached hydrogens (tertiary/aromatic N) is 1. The van der Waals surface area contributed by atoms with Crippen molar-refractivity contribution in [3.05, 3.63) is 18.2 Å². The maximum absolute atomic E-state index is 5.71. The van der Waals surface area contributed by atoms with Crippen molar-refractivity contribution in [2.75, 3.05) is 18.9 Å². The lowest BCUT2D eigenvalue weighted by atomic mass is 10.2. The molecule has 0 bridgehead atoms. The molecule has 0 unspecified atom stereocenters. The van der Waals surface area contributed by atoms with Gasteiger partial charge in [0.15, 0.2) is 5.58 Å². The summed E-state index contributed by atoms with van der Waals surface area (Å²) in [5.74, 6) is 0. The van der Waals surface area contributed by atoms with Crippen LogP contribution in [-0.4, -0.2) is 23.4 Å². The fourth-order valence-electron chi connectivity index (χ4n) is 1.91. The third-order valence-corrected chi connectivity index (χ3v) is 4.01. The minimum atomic E-state index is 0.550. The first-order chi connectivity index (χ1) is 8.31. The van der Waals surface area contributed by atoms with E-state index in [-0.39, 0.29) is 0 Å². The van der Waals surface area contributed by atoms with Crippen LogP contribution in [0, 0.1) is 0 Å². The number of thioether (sulfide) groups is 1. The molecule has 17 heavy (non-hydrogen) atoms. The number of nitrogen functional groups attached to an aromatic ring is 1. The minimum absolute atomic E-state index is 0.550. The molecule has 0 amide bonds. The molecule has 0 aliphatic carbocycles. The molecule has 1 aromatic heterocycles. The average Bonchev–Trinajstić information content (AvgIpc) is 2.71. The van der Waals surface area contributed by atoms with Crippen LogP contribution in [-0.2, 0) is 4.74 Å². The van der Waals surface area contributed by atoms with Gasteiger partial charge in [0.2, 0.25) is 0 Å². The number of benzene rings is 1. The summed E-state index contributed by atoms with van der Waals surface area (Å²) in [4.78, 5) is 4.44. The highest BCUT2D eigenvalue weighted by Crippen LogP contribution is 2.31. The predicted octanol–water partition coefficient (Wildman–Crippen LogP) is 2.68. The zero-order chi connectivity index (χ0) is 11.7. The Morgan fingerprint density at radius 3 is 2.94 bits per heavy atom. The normalized spacial score (nSPS) is 17.6. The molecule has 1 saturated heterocycles. The molecule has 5 heteroatoms. The van der Waals surface area contributed by atoms with Crippen LogP contribution < -0.4 is 5.73 Å². The second kappa shape index (κ2) is 4.58. The number of rotatable bonds is 2. The van der Waals surface area contributed by atoms with E-state index in [0.29, 0.717) is 10.9 Å². The second-order valence-corrected chi connectivity index (χ2v) is 5.39. The Morgan fingerprint density at radius 1 is 1.29 bits per heavy atom. The summed E-state index contributed by atoms with van der Waals surface area (Å²) in [6.45, 7) is 1.68. The molecule has 90 valence electrons. The number of nitrogens with two attached hydrogens (primary N) is 1. The molecule has 2 heterocycles. The van der Waals surface area contributed by atoms with Crippen molar-refractivity contribution in [3.8, 4) is 0 Å². The van der Waals surface area contributed by atoms with Gasteiger partial charge in [0.1, 0.15) is 5.52 Å². The van der Waals surface area contributed by atoms with E-state index in [0.717, 1.165) is 42.4 Å². The van der Waals surface area contributed by atoms with Crippen molar-refractivity contribution in [1.29, 1.82) is 0 Å². The van der Waals surface area contributed by atoms with Crippen molar-refractivity contribution < 1.29 is 9.15 Å². The van der Waals surface area contributed by atoms with Gasteiger partial charge in [-0.15, -0.1) is 0 Å². The second-order valence-electron chi connectivity index (χ2n) is 4.14. The summed E-state index contributed by atoms with van der Waals surface area (Å²) in [5.41, 5.74) is 8.06. The summed E-state index contributed by atoms with van der Waals surface area (Å²) in [7, 11) is 0. The van der Waals surface area contributed by atoms with E-state index < -0.39 is 0 Å². The summed E-state index contributed by atoms with van der Waals surface area (Å²) in [6, 6.07) is 5.54. The van der Waals surface area contributed by atoms with E-state index >= 15 is 0 Å². The van der Waals surface area contributed by atoms with Crippen LogP contribution in [0.25, 0.3) is 11.1 Å². The molecule has 0 spiro atoms. The van der Waals surface area contributed by atoms with Crippen LogP contribution >= 0.6 is 11.8 Å². The summed E-state index contributed by atoms with van der Waals surface area (Å²) >= 11 is 1.70. The lowest BCUT2D eigenvalue weighted by Gasteiger charge is -2.19. The third-order valence-electron chi connectivity index (χ3n) is 2.83. The van der Waals surface area contributed by atoms with E-state index in [1.807, 2.05) is 18.2 Å². The third kappa shape index (κ3) is 2.40. The van der Waals surface area contributed by atoms with Crippen LogP contribution in [0.4, 0.5) is 5.69 Å². The van der Waals surface area contributed by atoms with Crippen molar-refractivity contribution >= 4 is 28.5 Å². The monoisotopic (exact) mass is 250 g/mol. The zero-order valence-electron chi connectivity index (χ0n) is 9.39. The Hall–Kier alpha value is -1.20. The minimum Gasteiger partial charge on any atom is -0.431 e. The van der Waals surface area contributed by atoms with Gasteiger partial charge in [-0.05, 0) is 31.0 Å². The SMILES string of the molecule is Nc1ccc2oc(SC3CCOCC3)nc2c1. The van der Waals surface area contributed by atoms with Gasteiger partial charge in [0, 0.05) is 24.2 Å². The summed E-state index contributed by atoms with van der Waals surface area (Å²) in [5, 5.41) is 1.28. The van der Waals surface area contributed by atoms with E-state index in [1.165, 1.54) is 0 Å². The van der Waals surface area contributed by atoms with Crippen molar-refractivity contribution in [1.82, 2.24) is 4.98 Å². The van der Waals surface area contributed by atoms with Crippen LogP contribution in [0.1, 0.15) is 12.8 Å². The van der Waals surface area contributed by atoms with E-state index in [2.05, 4.69) is 4.98 Å². The Balaban J connectivity index is 1.80. The molecule has 0 saturated carbocycles. The molecule has 3 rings (SSSR count). The highest BCUT2D eigenvalue weighted by molar-refractivity contribution is 7.99. The predicted molar refractivity (Wildman–Crippen MR) is 68.1 cm³/mol. The van der Waals surface area contributed by atoms with Gasteiger partial charge in [-0.25, -0.2) is 4.98 Å². The van der Waals surface area contributed by atoms with Crippen molar-refractivity contribution in [3.63, 3.8) is 0 Å². The van der Waals surface area contributed by atoms with Gasteiger partial charge in [-0.3, -0.25) is 0 Å². The van der Waals surface area contributed by atoms with Crippen molar-refractivity contribution in [2.45, 2.75) is 23.3 Å². The van der Waals surface area contributed by atoms with E-state index in [4.69, 9.17) is 14.9 Å². The summed E-state index contributed by atoms with van der Waals surface area (Å²) < 4.78 is 11.0. The van der Waals surface area contributed by atoms with Gasteiger partial charge < -0.3 is 14.9 Å². The molecular weight excluding hydrogens is 236 g/mol. The maximum Gasteiger partial charge on any atom is 0.257 e. The van der Waals surface area contributed by atoms with Gasteiger partial charge in [0.05, 0.1) is 0 Å². The average molecular weight is 250 g/mol. The topological polar surface area (TPSA) is 61.3 Å². The summed E-state index contributed by atoms with van der Waals surface area (Å²) in [6.07, 6.45) is 2.12. The van der Waals surface area contributed by atoms with E-state index in [1.54, 1.807) is 11.8 Å². The number of anilines is 1. The van der Waals surface area contributed by atoms with Gasteiger partial charge in [0.25, 0.3) is 5.22 Å². The fourth-order valence-corrected chi connectivity index (χ4v) is 2.91. The fraction of sp³-hybridized carbons (Fsp3) is 0.417. The molecule has 1 aliphatic rings. The Kier molecular flexibility index (Phi) is 2.94. The molecule has 1 fully saturated rings. The van der Waals surface area contributed by atoms with Crippen LogP contribution in [0.2, 0.25) is 0 Å². The lowest BCUT2D eigenvalue weighted by Crippen LogP contribution is -2.17. The number of aromatic nitrogens is 1. The smallest absolute Gasteiger partial charge is 0.257 e. The Bertz CT molecular complexity index is 520. The molecule has 2 N–H and O–H groups in total. The molecular formula is C12H14N2O2S. The first-order valence-corrected chi connectivity index (χ1v) is 6.60. The van der Waals surface area contributed by atoms with Crippen LogP contribution in [0.3, 0.4) is 0 Å². The number of fused-ring (bicyclic) bond motifs is 1. The Morgan fingerprint density at radius 2 is 2.12 bits per heavy atom. The number of hydrogen-bond donors (Lipinski definition) is 1. The first kappa shape index (κ1) is 10.9. The Labute approximate surface area is 104 Å². The largest absolute Gasteiger partial charge is 0.431 e. The van der Waals surface area contributed by atoms with E-state index in [9.17, 15) is 0 Å². The molecule has 1 aromatic carbocycles. The van der Waals surface area contributed by atoms with Crippen LogP contribution in [0.5, 0.6) is 0 Å². The van der Waals surface area contributed by atoms with Crippen molar-refractivity contribution in [2.24, 2.45) is 0 Å². The first-order valence-electron chi connectivity index (χ1n) is 5.72. The van der Waals surface area contributed by atoms with Gasteiger partial charge in [-0.2, -0.15) is 0 Å². The molecule has 0 atom stereocenters. The number of oxazole rings is 1. The zero-order valence-corrected chi connectivity index (χ0v) is 10.2. The quantitative estimate of drug-likeness (QED) is 0.830. The molecule has 1 aliphatic heterocycles. The van der Waals surface area contributed by atoms with Gasteiger partial charge >= 0.3 is 0 Å². The van der Waals surface area contributed by atoms with Crippen LogP contribution in [0.15, 0.2) is 27.8 Å². The highest BCUT2D eigenvalue weighted by Gasteiger charge is 2.18. The highest BCUT2D eigenvalue weighted by atomic mass is 32.2. The molecule has 2 aromatic rings. The van der Waals surface area contributed by atoms with Gasteiger partial charge in [-0.1, -0.05) is 11.8 Å². The standard InChI is InChI=1S/C12H14N2O2S/c13-8-1-2-11-10(7-8)14-12(16-11)17-9-3-5-15-6-4-9/h1-2,7,9H,3-6,13H2. The molecule has 4 nitrogen and oxygen atoms in total. The maximum atomic E-state index is 5.71. The molecule has 0 radical (unpaired) electrons. The number of ether oxygens (including phenoxy) is 1.